The fourth-order valence-electron chi connectivity index (χ4n) is 2.52. The van der Waals surface area contributed by atoms with Crippen LogP contribution in [0.4, 0.5) is 5.69 Å². The first-order valence-corrected chi connectivity index (χ1v) is 9.03. The number of rotatable bonds is 5. The number of fused-ring (bicyclic) bond motifs is 1. The number of benzene rings is 2. The molecule has 1 N–H and O–H groups in total. The lowest BCUT2D eigenvalue weighted by Crippen LogP contribution is -2.36. The van der Waals surface area contributed by atoms with E-state index < -0.39 is 16.1 Å². The number of sulfonamides is 1. The lowest BCUT2D eigenvalue weighted by molar-refractivity contribution is 0.204. The second-order valence-corrected chi connectivity index (χ2v) is 7.44. The molecule has 0 amide bonds. The van der Waals surface area contributed by atoms with Crippen LogP contribution in [0.25, 0.3) is 10.9 Å². The maximum absolute atomic E-state index is 13.1. The highest BCUT2D eigenvalue weighted by Gasteiger charge is 2.26. The van der Waals surface area contributed by atoms with Crippen LogP contribution in [0.5, 0.6) is 0 Å². The van der Waals surface area contributed by atoms with Gasteiger partial charge in [-0.3, -0.25) is 9.29 Å². The van der Waals surface area contributed by atoms with Crippen LogP contribution in [-0.4, -0.2) is 31.2 Å². The molecule has 0 aliphatic heterocycles. The zero-order chi connectivity index (χ0) is 17.2. The van der Waals surface area contributed by atoms with Gasteiger partial charge in [0.1, 0.15) is 0 Å². The first kappa shape index (κ1) is 16.4. The fraction of sp³-hybridized carbons (Fsp3) is 0.167. The van der Waals surface area contributed by atoms with Crippen LogP contribution >= 0.6 is 0 Å². The van der Waals surface area contributed by atoms with E-state index in [0.717, 1.165) is 10.9 Å². The predicted molar refractivity (Wildman–Crippen MR) is 94.4 cm³/mol. The standard InChI is InChI=1S/C18H18N2O3S/c1-14(21)13-20(16-7-3-2-4-8-16)24(22,23)17-9-10-18-15(12-17)6-5-11-19-18/h2-12,14,21H,13H2,1H3/t14-/m0/s1. The Morgan fingerprint density at radius 3 is 2.54 bits per heavy atom. The molecule has 0 spiro atoms. The quantitative estimate of drug-likeness (QED) is 0.774. The average Bonchev–Trinajstić information content (AvgIpc) is 2.59. The SMILES string of the molecule is C[C@H](O)CN(c1ccccc1)S(=O)(=O)c1ccc2ncccc2c1. The summed E-state index contributed by atoms with van der Waals surface area (Å²) in [6.45, 7) is 1.55. The molecule has 0 bridgehead atoms. The van der Waals surface area contributed by atoms with Gasteiger partial charge in [0.15, 0.2) is 0 Å². The molecule has 6 heteroatoms. The predicted octanol–water partition coefficient (Wildman–Crippen LogP) is 2.81. The van der Waals surface area contributed by atoms with E-state index in [1.165, 1.54) is 4.31 Å². The molecule has 0 saturated heterocycles. The monoisotopic (exact) mass is 342 g/mol. The first-order valence-electron chi connectivity index (χ1n) is 7.59. The molecule has 3 rings (SSSR count). The number of aliphatic hydroxyl groups excluding tert-OH is 1. The summed E-state index contributed by atoms with van der Waals surface area (Å²) in [6.07, 6.45) is 0.877. The summed E-state index contributed by atoms with van der Waals surface area (Å²) >= 11 is 0. The minimum atomic E-state index is -3.80. The summed E-state index contributed by atoms with van der Waals surface area (Å²) in [5.74, 6) is 0. The Hall–Kier alpha value is -2.44. The molecule has 0 saturated carbocycles. The topological polar surface area (TPSA) is 70.5 Å². The van der Waals surface area contributed by atoms with Crippen molar-refractivity contribution in [3.63, 3.8) is 0 Å². The van der Waals surface area contributed by atoms with E-state index in [1.807, 2.05) is 12.1 Å². The number of aromatic nitrogens is 1. The molecule has 0 fully saturated rings. The Balaban J connectivity index is 2.10. The molecule has 124 valence electrons. The highest BCUT2D eigenvalue weighted by atomic mass is 32.2. The number of anilines is 1. The summed E-state index contributed by atoms with van der Waals surface area (Å²) in [5.41, 5.74) is 1.25. The van der Waals surface area contributed by atoms with Gasteiger partial charge >= 0.3 is 0 Å². The van der Waals surface area contributed by atoms with Crippen molar-refractivity contribution in [1.82, 2.24) is 4.98 Å². The average molecular weight is 342 g/mol. The molecule has 0 aliphatic rings. The Bertz CT molecular complexity index is 941. The Kier molecular flexibility index (Phi) is 4.51. The van der Waals surface area contributed by atoms with Crippen molar-refractivity contribution >= 4 is 26.6 Å². The van der Waals surface area contributed by atoms with Gasteiger partial charge in [-0.15, -0.1) is 0 Å². The van der Waals surface area contributed by atoms with Gasteiger partial charge < -0.3 is 5.11 Å². The highest BCUT2D eigenvalue weighted by molar-refractivity contribution is 7.92. The molecule has 24 heavy (non-hydrogen) atoms. The van der Waals surface area contributed by atoms with Gasteiger partial charge in [-0.2, -0.15) is 0 Å². The number of pyridine rings is 1. The van der Waals surface area contributed by atoms with Crippen molar-refractivity contribution in [2.24, 2.45) is 0 Å². The molecule has 1 heterocycles. The van der Waals surface area contributed by atoms with Crippen LogP contribution in [0.15, 0.2) is 71.8 Å². The molecule has 2 aromatic carbocycles. The van der Waals surface area contributed by atoms with E-state index in [9.17, 15) is 13.5 Å². The highest BCUT2D eigenvalue weighted by Crippen LogP contribution is 2.25. The minimum Gasteiger partial charge on any atom is -0.392 e. The van der Waals surface area contributed by atoms with Crippen LogP contribution in [-0.2, 0) is 10.0 Å². The van der Waals surface area contributed by atoms with Gasteiger partial charge in [-0.25, -0.2) is 8.42 Å². The maximum Gasteiger partial charge on any atom is 0.264 e. The second kappa shape index (κ2) is 6.59. The van der Waals surface area contributed by atoms with Gasteiger partial charge in [0.25, 0.3) is 10.0 Å². The maximum atomic E-state index is 13.1. The Morgan fingerprint density at radius 2 is 1.83 bits per heavy atom. The van der Waals surface area contributed by atoms with E-state index in [2.05, 4.69) is 4.98 Å². The molecule has 3 aromatic rings. The summed E-state index contributed by atoms with van der Waals surface area (Å²) in [4.78, 5) is 4.38. The number of para-hydroxylation sites is 1. The summed E-state index contributed by atoms with van der Waals surface area (Å²) in [5, 5.41) is 10.5. The lowest BCUT2D eigenvalue weighted by Gasteiger charge is -2.25. The first-order chi connectivity index (χ1) is 11.5. The molecular formula is C18H18N2O3S. The second-order valence-electron chi connectivity index (χ2n) is 5.58. The number of nitrogens with zero attached hydrogens (tertiary/aromatic N) is 2. The van der Waals surface area contributed by atoms with E-state index in [1.54, 1.807) is 61.7 Å². The van der Waals surface area contributed by atoms with Crippen molar-refractivity contribution < 1.29 is 13.5 Å². The zero-order valence-electron chi connectivity index (χ0n) is 13.2. The summed E-state index contributed by atoms with van der Waals surface area (Å²) in [6, 6.07) is 17.2. The summed E-state index contributed by atoms with van der Waals surface area (Å²) < 4.78 is 27.4. The van der Waals surface area contributed by atoms with Crippen LogP contribution in [0.1, 0.15) is 6.92 Å². The van der Waals surface area contributed by atoms with Crippen molar-refractivity contribution in [2.75, 3.05) is 10.8 Å². The number of aliphatic hydroxyl groups is 1. The van der Waals surface area contributed by atoms with Gasteiger partial charge in [0.2, 0.25) is 0 Å². The van der Waals surface area contributed by atoms with Crippen molar-refractivity contribution in [2.45, 2.75) is 17.9 Å². The van der Waals surface area contributed by atoms with E-state index in [4.69, 9.17) is 0 Å². The van der Waals surface area contributed by atoms with Crippen molar-refractivity contribution in [3.8, 4) is 0 Å². The molecule has 1 aromatic heterocycles. The third-order valence-electron chi connectivity index (χ3n) is 3.64. The van der Waals surface area contributed by atoms with Crippen LogP contribution in [0.3, 0.4) is 0 Å². The van der Waals surface area contributed by atoms with E-state index >= 15 is 0 Å². The third kappa shape index (κ3) is 3.25. The van der Waals surface area contributed by atoms with Gasteiger partial charge in [-0.05, 0) is 43.3 Å². The Morgan fingerprint density at radius 1 is 1.08 bits per heavy atom. The van der Waals surface area contributed by atoms with Gasteiger partial charge in [0.05, 0.1) is 28.7 Å². The molecule has 0 unspecified atom stereocenters. The number of hydrogen-bond acceptors (Lipinski definition) is 4. The van der Waals surface area contributed by atoms with Gasteiger partial charge in [-0.1, -0.05) is 24.3 Å². The Labute approximate surface area is 141 Å². The third-order valence-corrected chi connectivity index (χ3v) is 5.43. The minimum absolute atomic E-state index is 0.0164. The lowest BCUT2D eigenvalue weighted by atomic mass is 10.2. The normalized spacial score (nSPS) is 12.9. The molecule has 5 nitrogen and oxygen atoms in total. The van der Waals surface area contributed by atoms with Crippen LogP contribution in [0.2, 0.25) is 0 Å². The zero-order valence-corrected chi connectivity index (χ0v) is 14.0. The van der Waals surface area contributed by atoms with E-state index in [0.29, 0.717) is 5.69 Å². The molecule has 0 radical (unpaired) electrons. The smallest absolute Gasteiger partial charge is 0.264 e. The van der Waals surface area contributed by atoms with Crippen molar-refractivity contribution in [3.05, 3.63) is 66.9 Å². The van der Waals surface area contributed by atoms with Gasteiger partial charge in [0, 0.05) is 11.6 Å². The van der Waals surface area contributed by atoms with E-state index in [-0.39, 0.29) is 11.4 Å². The molecular weight excluding hydrogens is 324 g/mol. The summed E-state index contributed by atoms with van der Waals surface area (Å²) in [7, 11) is -3.80. The van der Waals surface area contributed by atoms with Crippen molar-refractivity contribution in [1.29, 1.82) is 0 Å². The largest absolute Gasteiger partial charge is 0.392 e. The molecule has 0 aliphatic carbocycles. The molecule has 1 atom stereocenters. The number of hydrogen-bond donors (Lipinski definition) is 1. The van der Waals surface area contributed by atoms with Crippen LogP contribution < -0.4 is 4.31 Å². The van der Waals surface area contributed by atoms with Crippen LogP contribution in [0, 0.1) is 0 Å². The fourth-order valence-corrected chi connectivity index (χ4v) is 4.10.